The first-order valence-corrected chi connectivity index (χ1v) is 7.88. The Bertz CT molecular complexity index is 557. The van der Waals surface area contributed by atoms with Gasteiger partial charge in [-0.05, 0) is 31.4 Å². The topological polar surface area (TPSA) is 51.2 Å². The van der Waals surface area contributed by atoms with Crippen LogP contribution in [-0.2, 0) is 16.0 Å². The van der Waals surface area contributed by atoms with E-state index in [4.69, 9.17) is 4.74 Å². The van der Waals surface area contributed by atoms with Gasteiger partial charge in [-0.1, -0.05) is 12.1 Å². The third-order valence-electron chi connectivity index (χ3n) is 3.43. The average Bonchev–Trinajstić information content (AvgIpc) is 3.11. The van der Waals surface area contributed by atoms with Gasteiger partial charge in [0.2, 0.25) is 5.91 Å². The third-order valence-corrected chi connectivity index (χ3v) is 4.52. The Labute approximate surface area is 122 Å². The van der Waals surface area contributed by atoms with Gasteiger partial charge in [0, 0.05) is 19.6 Å². The summed E-state index contributed by atoms with van der Waals surface area (Å²) >= 11 is 1.73. The molecule has 1 saturated heterocycles. The van der Waals surface area contributed by atoms with Crippen LogP contribution >= 0.6 is 11.3 Å². The number of nitrogens with one attached hydrogen (secondary N) is 1. The zero-order valence-electron chi connectivity index (χ0n) is 11.3. The van der Waals surface area contributed by atoms with E-state index in [0.717, 1.165) is 36.2 Å². The number of fused-ring (bicyclic) bond motifs is 1. The highest BCUT2D eigenvalue weighted by atomic mass is 32.1. The van der Waals surface area contributed by atoms with E-state index in [1.54, 1.807) is 11.3 Å². The van der Waals surface area contributed by atoms with Crippen molar-refractivity contribution in [1.82, 2.24) is 10.3 Å². The Kier molecular flexibility index (Phi) is 4.28. The molecule has 0 bridgehead atoms. The Morgan fingerprint density at radius 2 is 2.35 bits per heavy atom. The Balaban J connectivity index is 1.44. The summed E-state index contributed by atoms with van der Waals surface area (Å²) in [6.45, 7) is 1.40. The van der Waals surface area contributed by atoms with E-state index in [1.807, 2.05) is 18.2 Å². The van der Waals surface area contributed by atoms with Gasteiger partial charge in [0.1, 0.15) is 6.10 Å². The summed E-state index contributed by atoms with van der Waals surface area (Å²) in [7, 11) is 0. The zero-order valence-corrected chi connectivity index (χ0v) is 12.1. The van der Waals surface area contributed by atoms with Crippen molar-refractivity contribution in [3.05, 3.63) is 29.3 Å². The number of carbonyl (C=O) groups is 1. The molecule has 1 aromatic heterocycles. The minimum atomic E-state index is -0.225. The van der Waals surface area contributed by atoms with Crippen LogP contribution in [0.4, 0.5) is 0 Å². The highest BCUT2D eigenvalue weighted by Gasteiger charge is 2.22. The molecule has 0 aliphatic carbocycles. The van der Waals surface area contributed by atoms with Gasteiger partial charge in [0.25, 0.3) is 0 Å². The van der Waals surface area contributed by atoms with Crippen LogP contribution in [-0.4, -0.2) is 30.1 Å². The summed E-state index contributed by atoms with van der Waals surface area (Å²) < 4.78 is 6.58. The highest BCUT2D eigenvalue weighted by Crippen LogP contribution is 2.22. The molecule has 1 aliphatic rings. The standard InChI is InChI=1S/C15H18N2O2S/c18-15(12-6-4-10-19-12)16-9-3-8-14-17-11-5-1-2-7-13(11)20-14/h1-2,5,7,12H,3-4,6,8-10H2,(H,16,18)/t12-/m0/s1. The molecule has 106 valence electrons. The van der Waals surface area contributed by atoms with Gasteiger partial charge in [0.05, 0.1) is 15.2 Å². The Morgan fingerprint density at radius 3 is 3.15 bits per heavy atom. The predicted molar refractivity (Wildman–Crippen MR) is 79.9 cm³/mol. The molecule has 3 rings (SSSR count). The fourth-order valence-corrected chi connectivity index (χ4v) is 3.39. The molecule has 0 unspecified atom stereocenters. The quantitative estimate of drug-likeness (QED) is 0.861. The summed E-state index contributed by atoms with van der Waals surface area (Å²) in [6, 6.07) is 8.17. The number of rotatable bonds is 5. The lowest BCUT2D eigenvalue weighted by Gasteiger charge is -2.09. The van der Waals surface area contributed by atoms with Crippen molar-refractivity contribution in [2.45, 2.75) is 31.8 Å². The Morgan fingerprint density at radius 1 is 1.45 bits per heavy atom. The maximum atomic E-state index is 11.7. The van der Waals surface area contributed by atoms with Gasteiger partial charge in [-0.15, -0.1) is 11.3 Å². The number of para-hydroxylation sites is 1. The van der Waals surface area contributed by atoms with Crippen LogP contribution in [0.1, 0.15) is 24.3 Å². The summed E-state index contributed by atoms with van der Waals surface area (Å²) in [4.78, 5) is 16.3. The van der Waals surface area contributed by atoms with E-state index in [1.165, 1.54) is 4.70 Å². The number of nitrogens with zero attached hydrogens (tertiary/aromatic N) is 1. The number of hydrogen-bond donors (Lipinski definition) is 1. The van der Waals surface area contributed by atoms with Gasteiger partial charge >= 0.3 is 0 Å². The van der Waals surface area contributed by atoms with Gasteiger partial charge in [-0.2, -0.15) is 0 Å². The summed E-state index contributed by atoms with van der Waals surface area (Å²) in [5.41, 5.74) is 1.07. The molecule has 1 N–H and O–H groups in total. The molecule has 0 saturated carbocycles. The van der Waals surface area contributed by atoms with E-state index in [2.05, 4.69) is 16.4 Å². The molecule has 1 amide bonds. The number of ether oxygens (including phenoxy) is 1. The van der Waals surface area contributed by atoms with Crippen LogP contribution in [0.5, 0.6) is 0 Å². The first kappa shape index (κ1) is 13.5. The lowest BCUT2D eigenvalue weighted by molar-refractivity contribution is -0.130. The molecule has 0 radical (unpaired) electrons. The van der Waals surface area contributed by atoms with E-state index < -0.39 is 0 Å². The molecule has 1 fully saturated rings. The van der Waals surface area contributed by atoms with E-state index in [0.29, 0.717) is 13.2 Å². The number of aryl methyl sites for hydroxylation is 1. The van der Waals surface area contributed by atoms with Gasteiger partial charge in [0.15, 0.2) is 0 Å². The van der Waals surface area contributed by atoms with Crippen molar-refractivity contribution in [3.8, 4) is 0 Å². The number of amides is 1. The molecule has 5 heteroatoms. The zero-order chi connectivity index (χ0) is 13.8. The second-order valence-electron chi connectivity index (χ2n) is 4.97. The fourth-order valence-electron chi connectivity index (χ4n) is 2.38. The van der Waals surface area contributed by atoms with Crippen molar-refractivity contribution < 1.29 is 9.53 Å². The van der Waals surface area contributed by atoms with E-state index >= 15 is 0 Å². The average molecular weight is 290 g/mol. The number of aromatic nitrogens is 1. The summed E-state index contributed by atoms with van der Waals surface area (Å²) in [6.07, 6.45) is 3.44. The molecular weight excluding hydrogens is 272 g/mol. The minimum absolute atomic E-state index is 0.0341. The van der Waals surface area contributed by atoms with Crippen LogP contribution in [0.3, 0.4) is 0 Å². The SMILES string of the molecule is O=C(NCCCc1nc2ccccc2s1)[C@@H]1CCCO1. The van der Waals surface area contributed by atoms with Crippen molar-refractivity contribution in [2.24, 2.45) is 0 Å². The number of carbonyl (C=O) groups excluding carboxylic acids is 1. The van der Waals surface area contributed by atoms with Crippen LogP contribution in [0.25, 0.3) is 10.2 Å². The minimum Gasteiger partial charge on any atom is -0.368 e. The van der Waals surface area contributed by atoms with Crippen molar-refractivity contribution in [1.29, 1.82) is 0 Å². The second kappa shape index (κ2) is 6.33. The normalized spacial score (nSPS) is 18.5. The molecule has 2 heterocycles. The maximum absolute atomic E-state index is 11.7. The van der Waals surface area contributed by atoms with Crippen LogP contribution in [0.2, 0.25) is 0 Å². The third kappa shape index (κ3) is 3.16. The lowest BCUT2D eigenvalue weighted by atomic mass is 10.2. The molecular formula is C15H18N2O2S. The second-order valence-corrected chi connectivity index (χ2v) is 6.09. The fraction of sp³-hybridized carbons (Fsp3) is 0.467. The van der Waals surface area contributed by atoms with Crippen molar-refractivity contribution >= 4 is 27.5 Å². The first-order valence-electron chi connectivity index (χ1n) is 7.07. The monoisotopic (exact) mass is 290 g/mol. The largest absolute Gasteiger partial charge is 0.368 e. The van der Waals surface area contributed by atoms with Crippen molar-refractivity contribution in [2.75, 3.05) is 13.2 Å². The van der Waals surface area contributed by atoms with Crippen molar-refractivity contribution in [3.63, 3.8) is 0 Å². The number of thiazole rings is 1. The summed E-state index contributed by atoms with van der Waals surface area (Å²) in [5.74, 6) is 0.0341. The van der Waals surface area contributed by atoms with Crippen LogP contribution in [0.15, 0.2) is 24.3 Å². The predicted octanol–water partition coefficient (Wildman–Crippen LogP) is 2.52. The molecule has 2 aromatic rings. The molecule has 1 atom stereocenters. The molecule has 0 spiro atoms. The molecule has 4 nitrogen and oxygen atoms in total. The molecule has 20 heavy (non-hydrogen) atoms. The molecule has 1 aliphatic heterocycles. The first-order chi connectivity index (χ1) is 9.83. The summed E-state index contributed by atoms with van der Waals surface area (Å²) in [5, 5.41) is 4.08. The molecule has 1 aromatic carbocycles. The maximum Gasteiger partial charge on any atom is 0.249 e. The van der Waals surface area contributed by atoms with Crippen LogP contribution < -0.4 is 5.32 Å². The van der Waals surface area contributed by atoms with E-state index in [-0.39, 0.29) is 12.0 Å². The smallest absolute Gasteiger partial charge is 0.249 e. The van der Waals surface area contributed by atoms with Gasteiger partial charge < -0.3 is 10.1 Å². The number of hydrogen-bond acceptors (Lipinski definition) is 4. The highest BCUT2D eigenvalue weighted by molar-refractivity contribution is 7.18. The van der Waals surface area contributed by atoms with Gasteiger partial charge in [-0.25, -0.2) is 4.98 Å². The van der Waals surface area contributed by atoms with E-state index in [9.17, 15) is 4.79 Å². The van der Waals surface area contributed by atoms with Crippen LogP contribution in [0, 0.1) is 0 Å². The van der Waals surface area contributed by atoms with Gasteiger partial charge in [-0.3, -0.25) is 4.79 Å². The number of benzene rings is 1. The Hall–Kier alpha value is -1.46. The lowest BCUT2D eigenvalue weighted by Crippen LogP contribution is -2.34.